The molecule has 0 saturated carbocycles. The lowest BCUT2D eigenvalue weighted by molar-refractivity contribution is 0.0610. The van der Waals surface area contributed by atoms with E-state index in [9.17, 15) is 4.79 Å². The van der Waals surface area contributed by atoms with E-state index in [4.69, 9.17) is 23.2 Å². The lowest BCUT2D eigenvalue weighted by Gasteiger charge is -2.36. The Balaban J connectivity index is 2.26. The van der Waals surface area contributed by atoms with Crippen molar-refractivity contribution in [3.05, 3.63) is 33.8 Å². The van der Waals surface area contributed by atoms with E-state index in [2.05, 4.69) is 15.9 Å². The molecule has 0 aliphatic carbocycles. The molecule has 0 aromatic heterocycles. The number of halogens is 3. The molecule has 1 aromatic carbocycles. The standard InChI is InChI=1S/C14H16BrCl2NO/c15-8-7-10-4-1-2-9-18(10)14(19)13-11(16)5-3-6-12(13)17/h3,5-6,10H,1-2,4,7-9H2. The summed E-state index contributed by atoms with van der Waals surface area (Å²) in [5.74, 6) is -0.0405. The van der Waals surface area contributed by atoms with Gasteiger partial charge in [0.1, 0.15) is 0 Å². The van der Waals surface area contributed by atoms with Gasteiger partial charge < -0.3 is 4.90 Å². The van der Waals surface area contributed by atoms with Crippen molar-refractivity contribution in [1.82, 2.24) is 4.90 Å². The van der Waals surface area contributed by atoms with Crippen molar-refractivity contribution in [2.24, 2.45) is 0 Å². The number of hydrogen-bond acceptors (Lipinski definition) is 1. The van der Waals surface area contributed by atoms with Crippen LogP contribution in [0.2, 0.25) is 10.0 Å². The summed E-state index contributed by atoms with van der Waals surface area (Å²) in [4.78, 5) is 14.6. The van der Waals surface area contributed by atoms with Crippen molar-refractivity contribution in [2.75, 3.05) is 11.9 Å². The number of piperidine rings is 1. The summed E-state index contributed by atoms with van der Waals surface area (Å²) in [5.41, 5.74) is 0.437. The maximum Gasteiger partial charge on any atom is 0.257 e. The van der Waals surface area contributed by atoms with E-state index in [1.807, 2.05) is 4.90 Å². The van der Waals surface area contributed by atoms with Crippen LogP contribution in [0, 0.1) is 0 Å². The Labute approximate surface area is 132 Å². The van der Waals surface area contributed by atoms with E-state index in [1.165, 1.54) is 6.42 Å². The minimum absolute atomic E-state index is 0.0405. The van der Waals surface area contributed by atoms with Crippen LogP contribution >= 0.6 is 39.1 Å². The predicted molar refractivity (Wildman–Crippen MR) is 83.5 cm³/mol. The van der Waals surface area contributed by atoms with E-state index >= 15 is 0 Å². The first-order chi connectivity index (χ1) is 9.15. The number of benzene rings is 1. The Morgan fingerprint density at radius 3 is 2.63 bits per heavy atom. The van der Waals surface area contributed by atoms with Crippen LogP contribution in [0.15, 0.2) is 18.2 Å². The molecule has 1 saturated heterocycles. The smallest absolute Gasteiger partial charge is 0.257 e. The third-order valence-electron chi connectivity index (χ3n) is 3.51. The molecule has 1 atom stereocenters. The first-order valence-electron chi connectivity index (χ1n) is 6.46. The summed E-state index contributed by atoms with van der Waals surface area (Å²) in [7, 11) is 0. The van der Waals surface area contributed by atoms with Gasteiger partial charge in [0, 0.05) is 17.9 Å². The minimum atomic E-state index is -0.0405. The number of amides is 1. The molecule has 1 aromatic rings. The molecule has 2 rings (SSSR count). The molecule has 0 spiro atoms. The second kappa shape index (κ2) is 6.96. The molecule has 1 heterocycles. The fourth-order valence-corrected chi connectivity index (χ4v) is 3.63. The van der Waals surface area contributed by atoms with Gasteiger partial charge in [-0.05, 0) is 37.8 Å². The van der Waals surface area contributed by atoms with Crippen LogP contribution in [0.5, 0.6) is 0 Å². The molecule has 1 amide bonds. The number of likely N-dealkylation sites (tertiary alicyclic amines) is 1. The molecular weight excluding hydrogens is 349 g/mol. The highest BCUT2D eigenvalue weighted by Crippen LogP contribution is 2.29. The molecular formula is C14H16BrCl2NO. The molecule has 0 radical (unpaired) electrons. The van der Waals surface area contributed by atoms with Gasteiger partial charge in [-0.2, -0.15) is 0 Å². The van der Waals surface area contributed by atoms with Gasteiger partial charge in [0.15, 0.2) is 0 Å². The second-order valence-electron chi connectivity index (χ2n) is 4.72. The number of carbonyl (C=O) groups excluding carboxylic acids is 1. The normalized spacial score (nSPS) is 19.5. The van der Waals surface area contributed by atoms with Gasteiger partial charge in [0.25, 0.3) is 5.91 Å². The first kappa shape index (κ1) is 15.1. The van der Waals surface area contributed by atoms with Crippen LogP contribution in [-0.4, -0.2) is 28.7 Å². The SMILES string of the molecule is O=C(c1c(Cl)cccc1Cl)N1CCCCC1CCBr. The average molecular weight is 365 g/mol. The Hall–Kier alpha value is -0.250. The third-order valence-corrected chi connectivity index (χ3v) is 4.59. The zero-order valence-electron chi connectivity index (χ0n) is 10.5. The molecule has 0 N–H and O–H groups in total. The monoisotopic (exact) mass is 363 g/mol. The van der Waals surface area contributed by atoms with Crippen LogP contribution in [0.3, 0.4) is 0 Å². The molecule has 1 aliphatic rings. The highest BCUT2D eigenvalue weighted by Gasteiger charge is 2.29. The topological polar surface area (TPSA) is 20.3 Å². The van der Waals surface area contributed by atoms with Gasteiger partial charge in [-0.1, -0.05) is 45.2 Å². The Morgan fingerprint density at radius 1 is 1.32 bits per heavy atom. The highest BCUT2D eigenvalue weighted by molar-refractivity contribution is 9.09. The predicted octanol–water partition coefficient (Wildman–Crippen LogP) is 4.77. The average Bonchev–Trinajstić information content (AvgIpc) is 2.39. The van der Waals surface area contributed by atoms with Gasteiger partial charge in [0.05, 0.1) is 15.6 Å². The second-order valence-corrected chi connectivity index (χ2v) is 6.33. The molecule has 0 bridgehead atoms. The summed E-state index contributed by atoms with van der Waals surface area (Å²) in [5, 5.41) is 1.76. The maximum absolute atomic E-state index is 12.7. The van der Waals surface area contributed by atoms with Gasteiger partial charge in [-0.25, -0.2) is 0 Å². The lowest BCUT2D eigenvalue weighted by Crippen LogP contribution is -2.44. The van der Waals surface area contributed by atoms with Gasteiger partial charge in [-0.15, -0.1) is 0 Å². The number of nitrogens with zero attached hydrogens (tertiary/aromatic N) is 1. The minimum Gasteiger partial charge on any atom is -0.336 e. The van der Waals surface area contributed by atoms with E-state index in [1.54, 1.807) is 18.2 Å². The van der Waals surface area contributed by atoms with Crippen molar-refractivity contribution in [3.8, 4) is 0 Å². The van der Waals surface area contributed by atoms with Crippen molar-refractivity contribution < 1.29 is 4.79 Å². The Kier molecular flexibility index (Phi) is 5.55. The molecule has 1 unspecified atom stereocenters. The van der Waals surface area contributed by atoms with Gasteiger partial charge in [0.2, 0.25) is 0 Å². The zero-order chi connectivity index (χ0) is 13.8. The number of hydrogen-bond donors (Lipinski definition) is 0. The molecule has 104 valence electrons. The van der Waals surface area contributed by atoms with Crippen LogP contribution in [-0.2, 0) is 0 Å². The summed E-state index contributed by atoms with van der Waals surface area (Å²) < 4.78 is 0. The highest BCUT2D eigenvalue weighted by atomic mass is 79.9. The van der Waals surface area contributed by atoms with Crippen molar-refractivity contribution in [3.63, 3.8) is 0 Å². The molecule has 5 heteroatoms. The van der Waals surface area contributed by atoms with E-state index in [0.29, 0.717) is 15.6 Å². The molecule has 1 fully saturated rings. The third kappa shape index (κ3) is 3.45. The number of rotatable bonds is 3. The van der Waals surface area contributed by atoms with Crippen molar-refractivity contribution in [1.29, 1.82) is 0 Å². The van der Waals surface area contributed by atoms with Gasteiger partial charge in [-0.3, -0.25) is 4.79 Å². The van der Waals surface area contributed by atoms with E-state index < -0.39 is 0 Å². The van der Waals surface area contributed by atoms with Crippen LogP contribution in [0.25, 0.3) is 0 Å². The Morgan fingerprint density at radius 2 is 2.00 bits per heavy atom. The van der Waals surface area contributed by atoms with E-state index in [0.717, 1.165) is 31.1 Å². The summed E-state index contributed by atoms with van der Waals surface area (Å²) in [6.07, 6.45) is 4.25. The summed E-state index contributed by atoms with van der Waals surface area (Å²) in [6.45, 7) is 0.790. The van der Waals surface area contributed by atoms with Crippen LogP contribution < -0.4 is 0 Å². The Bertz CT molecular complexity index is 445. The summed E-state index contributed by atoms with van der Waals surface area (Å²) >= 11 is 15.7. The van der Waals surface area contributed by atoms with Crippen molar-refractivity contribution in [2.45, 2.75) is 31.7 Å². The van der Waals surface area contributed by atoms with E-state index in [-0.39, 0.29) is 11.9 Å². The fourth-order valence-electron chi connectivity index (χ4n) is 2.54. The molecule has 2 nitrogen and oxygen atoms in total. The number of carbonyl (C=O) groups is 1. The van der Waals surface area contributed by atoms with Crippen LogP contribution in [0.1, 0.15) is 36.0 Å². The quantitative estimate of drug-likeness (QED) is 0.707. The molecule has 1 aliphatic heterocycles. The van der Waals surface area contributed by atoms with Crippen LogP contribution in [0.4, 0.5) is 0 Å². The maximum atomic E-state index is 12.7. The summed E-state index contributed by atoms with van der Waals surface area (Å²) in [6, 6.07) is 5.47. The fraction of sp³-hybridized carbons (Fsp3) is 0.500. The molecule has 19 heavy (non-hydrogen) atoms. The van der Waals surface area contributed by atoms with Crippen molar-refractivity contribution >= 4 is 45.0 Å². The lowest BCUT2D eigenvalue weighted by atomic mass is 9.99. The van der Waals surface area contributed by atoms with Gasteiger partial charge >= 0.3 is 0 Å². The number of alkyl halides is 1. The zero-order valence-corrected chi connectivity index (χ0v) is 13.6. The largest absolute Gasteiger partial charge is 0.336 e. The first-order valence-corrected chi connectivity index (χ1v) is 8.34.